The highest BCUT2D eigenvalue weighted by Crippen LogP contribution is 2.30. The Morgan fingerprint density at radius 3 is 1.43 bits per heavy atom. The van der Waals surface area contributed by atoms with E-state index >= 15 is 0 Å². The van der Waals surface area contributed by atoms with Crippen LogP contribution in [-0.4, -0.2) is 27.3 Å². The molecule has 232 valence electrons. The van der Waals surface area contributed by atoms with Crippen molar-refractivity contribution in [1.82, 2.24) is 9.97 Å². The molecular formula is C39H31N3O5. The fraction of sp³-hybridized carbons (Fsp3) is 0.0769. The maximum Gasteiger partial charge on any atom is 0.350 e. The van der Waals surface area contributed by atoms with Crippen LogP contribution in [-0.2, 0) is 22.8 Å². The fourth-order valence-corrected chi connectivity index (χ4v) is 4.87. The Morgan fingerprint density at radius 1 is 0.596 bits per heavy atom. The minimum atomic E-state index is -1.20. The van der Waals surface area contributed by atoms with Crippen molar-refractivity contribution in [3.8, 4) is 33.8 Å². The van der Waals surface area contributed by atoms with Crippen molar-refractivity contribution in [3.05, 3.63) is 168 Å². The monoisotopic (exact) mass is 621 g/mol. The van der Waals surface area contributed by atoms with Gasteiger partial charge in [0.2, 0.25) is 0 Å². The number of aliphatic carboxylic acids is 1. The number of carboxylic acid groups (broad SMARTS) is 1. The van der Waals surface area contributed by atoms with Crippen LogP contribution in [0.2, 0.25) is 0 Å². The predicted octanol–water partition coefficient (Wildman–Crippen LogP) is 8.15. The van der Waals surface area contributed by atoms with Gasteiger partial charge in [-0.15, -0.1) is 0 Å². The van der Waals surface area contributed by atoms with Gasteiger partial charge in [-0.3, -0.25) is 9.97 Å². The zero-order valence-corrected chi connectivity index (χ0v) is 25.3. The summed E-state index contributed by atoms with van der Waals surface area (Å²) in [4.78, 5) is 25.7. The highest BCUT2D eigenvalue weighted by Gasteiger charge is 2.17. The number of carbonyl (C=O) groups is 1. The van der Waals surface area contributed by atoms with Crippen LogP contribution in [0.3, 0.4) is 0 Å². The third kappa shape index (κ3) is 8.46. The maximum absolute atomic E-state index is 11.0. The van der Waals surface area contributed by atoms with Gasteiger partial charge in [0.25, 0.3) is 0 Å². The maximum atomic E-state index is 11.0. The van der Waals surface area contributed by atoms with Crippen LogP contribution in [0.4, 0.5) is 0 Å². The lowest BCUT2D eigenvalue weighted by atomic mass is 10.0. The molecule has 0 saturated heterocycles. The van der Waals surface area contributed by atoms with Crippen molar-refractivity contribution in [2.24, 2.45) is 5.16 Å². The van der Waals surface area contributed by atoms with E-state index in [9.17, 15) is 4.79 Å². The lowest BCUT2D eigenvalue weighted by molar-refractivity contribution is -0.129. The number of hydrogen-bond donors (Lipinski definition) is 1. The van der Waals surface area contributed by atoms with E-state index in [2.05, 4.69) is 15.1 Å². The van der Waals surface area contributed by atoms with Crippen LogP contribution in [0, 0.1) is 0 Å². The van der Waals surface area contributed by atoms with Gasteiger partial charge in [-0.1, -0.05) is 102 Å². The summed E-state index contributed by atoms with van der Waals surface area (Å²) in [6.45, 7) is 0.622. The first kappa shape index (κ1) is 30.7. The van der Waals surface area contributed by atoms with Crippen LogP contribution in [0.1, 0.15) is 28.6 Å². The molecule has 0 bridgehead atoms. The van der Waals surface area contributed by atoms with E-state index < -0.39 is 12.1 Å². The summed E-state index contributed by atoms with van der Waals surface area (Å²) in [5, 5.41) is 12.7. The number of nitrogens with zero attached hydrogens (tertiary/aromatic N) is 3. The van der Waals surface area contributed by atoms with Gasteiger partial charge in [0.05, 0.1) is 11.4 Å². The third-order valence-electron chi connectivity index (χ3n) is 7.33. The van der Waals surface area contributed by atoms with Gasteiger partial charge in [0, 0.05) is 23.5 Å². The first-order valence-electron chi connectivity index (χ1n) is 15.0. The molecule has 0 atom stereocenters. The van der Waals surface area contributed by atoms with Crippen molar-refractivity contribution >= 4 is 12.2 Å². The van der Waals surface area contributed by atoms with E-state index in [4.69, 9.17) is 19.4 Å². The Balaban J connectivity index is 1.08. The van der Waals surface area contributed by atoms with Crippen molar-refractivity contribution in [1.29, 1.82) is 0 Å². The molecule has 47 heavy (non-hydrogen) atoms. The molecule has 0 aliphatic heterocycles. The Hall–Kier alpha value is -6.28. The van der Waals surface area contributed by atoms with E-state index in [-0.39, 0.29) is 0 Å². The topological polar surface area (TPSA) is 103 Å². The number of hydrogen-bond acceptors (Lipinski definition) is 7. The van der Waals surface area contributed by atoms with Gasteiger partial charge in [-0.05, 0) is 58.7 Å². The molecule has 8 nitrogen and oxygen atoms in total. The molecule has 2 aromatic heterocycles. The van der Waals surface area contributed by atoms with Gasteiger partial charge >= 0.3 is 5.97 Å². The molecule has 0 aliphatic carbocycles. The molecule has 0 saturated carbocycles. The molecule has 6 rings (SSSR count). The third-order valence-corrected chi connectivity index (χ3v) is 7.33. The Bertz CT molecular complexity index is 1770. The number of ether oxygens (including phenoxy) is 2. The lowest BCUT2D eigenvalue weighted by Crippen LogP contribution is -2.05. The van der Waals surface area contributed by atoms with Gasteiger partial charge in [0.1, 0.15) is 24.7 Å². The average molecular weight is 622 g/mol. The molecule has 0 aliphatic rings. The number of aromatic nitrogens is 2. The second kappa shape index (κ2) is 15.1. The first-order chi connectivity index (χ1) is 23.1. The highest BCUT2D eigenvalue weighted by molar-refractivity contribution is 6.21. The van der Waals surface area contributed by atoms with Gasteiger partial charge in [0.15, 0.2) is 12.3 Å². The second-order valence-electron chi connectivity index (χ2n) is 10.6. The molecule has 2 heterocycles. The lowest BCUT2D eigenvalue weighted by Gasteiger charge is -2.17. The summed E-state index contributed by atoms with van der Waals surface area (Å²) >= 11 is 0. The molecule has 0 spiro atoms. The number of pyridine rings is 2. The van der Waals surface area contributed by atoms with Crippen molar-refractivity contribution in [2.75, 3.05) is 0 Å². The molecule has 0 radical (unpaired) electrons. The quantitative estimate of drug-likeness (QED) is 0.103. The van der Waals surface area contributed by atoms with E-state index in [0.29, 0.717) is 30.9 Å². The van der Waals surface area contributed by atoms with Crippen LogP contribution < -0.4 is 9.47 Å². The number of carboxylic acids is 1. The summed E-state index contributed by atoms with van der Waals surface area (Å²) in [5.41, 5.74) is 7.44. The SMILES string of the molecule is O=C(O)C=NOC(c1ccc(OCc2ccc(-c3ccccc3)cn2)cc1)c1ccc(OCc2ccc(-c3ccccc3)cn2)cc1. The first-order valence-corrected chi connectivity index (χ1v) is 15.0. The Kier molecular flexibility index (Phi) is 9.90. The normalized spacial score (nSPS) is 11.0. The second-order valence-corrected chi connectivity index (χ2v) is 10.6. The van der Waals surface area contributed by atoms with E-state index in [1.54, 1.807) is 0 Å². The zero-order chi connectivity index (χ0) is 32.3. The van der Waals surface area contributed by atoms with Crippen LogP contribution in [0.15, 0.2) is 151 Å². The van der Waals surface area contributed by atoms with E-state index in [1.807, 2.05) is 146 Å². The molecule has 8 heteroatoms. The number of rotatable bonds is 13. The summed E-state index contributed by atoms with van der Waals surface area (Å²) in [6, 6.07) is 42.9. The molecule has 0 fully saturated rings. The molecule has 0 unspecified atom stereocenters. The highest BCUT2D eigenvalue weighted by atomic mass is 16.6. The van der Waals surface area contributed by atoms with Crippen molar-refractivity contribution in [2.45, 2.75) is 19.3 Å². The van der Waals surface area contributed by atoms with Gasteiger partial charge in [-0.2, -0.15) is 0 Å². The summed E-state index contributed by atoms with van der Waals surface area (Å²) in [6.07, 6.45) is 3.74. The zero-order valence-electron chi connectivity index (χ0n) is 25.3. The van der Waals surface area contributed by atoms with Crippen molar-refractivity contribution < 1.29 is 24.2 Å². The Labute approximate surface area is 272 Å². The van der Waals surface area contributed by atoms with Crippen LogP contribution in [0.25, 0.3) is 22.3 Å². The predicted molar refractivity (Wildman–Crippen MR) is 180 cm³/mol. The number of oxime groups is 1. The van der Waals surface area contributed by atoms with Crippen LogP contribution in [0.5, 0.6) is 11.5 Å². The largest absolute Gasteiger partial charge is 0.487 e. The minimum Gasteiger partial charge on any atom is -0.487 e. The van der Waals surface area contributed by atoms with Crippen molar-refractivity contribution in [3.63, 3.8) is 0 Å². The van der Waals surface area contributed by atoms with Crippen LogP contribution >= 0.6 is 0 Å². The minimum absolute atomic E-state index is 0.311. The van der Waals surface area contributed by atoms with Gasteiger partial charge < -0.3 is 19.4 Å². The molecule has 4 aromatic carbocycles. The number of benzene rings is 4. The summed E-state index contributed by atoms with van der Waals surface area (Å²) in [5.74, 6) is 0.112. The van der Waals surface area contributed by atoms with E-state index in [1.165, 1.54) is 0 Å². The average Bonchev–Trinajstić information content (AvgIpc) is 3.13. The van der Waals surface area contributed by atoms with E-state index in [0.717, 1.165) is 44.8 Å². The van der Waals surface area contributed by atoms with Gasteiger partial charge in [-0.25, -0.2) is 4.79 Å². The summed E-state index contributed by atoms with van der Waals surface area (Å²) in [7, 11) is 0. The molecule has 0 amide bonds. The molecule has 1 N–H and O–H groups in total. The molecular weight excluding hydrogens is 590 g/mol. The fourth-order valence-electron chi connectivity index (χ4n) is 4.87. The molecule has 6 aromatic rings. The standard InChI is InChI=1S/C39H31N3O5/c43-38(44)25-42-47-39(30-13-19-36(20-14-30)45-26-34-17-11-32(23-40-34)28-7-3-1-4-8-28)31-15-21-37(22-16-31)46-27-35-18-12-33(24-41-35)29-9-5-2-6-10-29/h1-25,39H,26-27H2,(H,43,44). The summed E-state index contributed by atoms with van der Waals surface area (Å²) < 4.78 is 11.9. The smallest absolute Gasteiger partial charge is 0.350 e. The Morgan fingerprint density at radius 2 is 1.04 bits per heavy atom.